The maximum atomic E-state index is 14.2. The van der Waals surface area contributed by atoms with Crippen molar-refractivity contribution in [3.8, 4) is 0 Å². The Labute approximate surface area is 332 Å². The van der Waals surface area contributed by atoms with E-state index in [0.29, 0.717) is 24.1 Å². The van der Waals surface area contributed by atoms with Gasteiger partial charge in [-0.1, -0.05) is 69.2 Å². The van der Waals surface area contributed by atoms with Gasteiger partial charge in [-0.25, -0.2) is 18.2 Å². The number of hydrogen-bond donors (Lipinski definition) is 5. The molecule has 2 aromatic carbocycles. The minimum Gasteiger partial charge on any atom is -0.390 e. The normalized spacial score (nSPS) is 17.3. The van der Waals surface area contributed by atoms with Crippen LogP contribution in [0.15, 0.2) is 64.9 Å². The predicted octanol–water partition coefficient (Wildman–Crippen LogP) is 2.81. The molecular weight excluding hydrogens is 759 g/mol. The number of thiazole rings is 1. The Hall–Kier alpha value is -4.26. The number of benzene rings is 2. The zero-order chi connectivity index (χ0) is 40.4. The van der Waals surface area contributed by atoms with Gasteiger partial charge in [-0.2, -0.15) is 0 Å². The van der Waals surface area contributed by atoms with Gasteiger partial charge in [0.05, 0.1) is 47.3 Å². The number of hydrogen-bond acceptors (Lipinski definition) is 13. The van der Waals surface area contributed by atoms with Crippen molar-refractivity contribution < 1.29 is 37.5 Å². The van der Waals surface area contributed by atoms with Gasteiger partial charge in [-0.3, -0.25) is 24.6 Å². The van der Waals surface area contributed by atoms with Crippen molar-refractivity contribution in [1.82, 2.24) is 30.9 Å². The van der Waals surface area contributed by atoms with Gasteiger partial charge in [0, 0.05) is 18.5 Å². The number of carbonyl (C=O) groups is 4. The number of aliphatic hydroxyl groups is 1. The fourth-order valence-electron chi connectivity index (χ4n) is 7.28. The Kier molecular flexibility index (Phi) is 15.1. The molecule has 15 nitrogen and oxygen atoms in total. The molecule has 0 radical (unpaired) electrons. The molecule has 17 heteroatoms. The number of nitrogens with two attached hydrogens (primary N) is 1. The molecular formula is C39H53N7O8S2. The highest BCUT2D eigenvalue weighted by atomic mass is 32.2. The van der Waals surface area contributed by atoms with Crippen molar-refractivity contribution in [2.45, 2.75) is 101 Å². The second-order valence-electron chi connectivity index (χ2n) is 14.7. The summed E-state index contributed by atoms with van der Waals surface area (Å²) in [6.07, 6.45) is 2.23. The maximum Gasteiger partial charge on any atom is 0.328 e. The molecule has 304 valence electrons. The number of sulfone groups is 1. The number of nitrogens with one attached hydrogen (secondary N) is 3. The van der Waals surface area contributed by atoms with E-state index in [0.717, 1.165) is 28.3 Å². The molecule has 2 heterocycles. The molecule has 56 heavy (non-hydrogen) atoms. The molecule has 4 atom stereocenters. The molecule has 0 bridgehead atoms. The van der Waals surface area contributed by atoms with E-state index in [1.807, 2.05) is 37.3 Å². The summed E-state index contributed by atoms with van der Waals surface area (Å²) in [5, 5.41) is 19.5. The summed E-state index contributed by atoms with van der Waals surface area (Å²) in [5.74, 6) is -2.04. The standard InChI is InChI=1S/C39H53N7O8S2/c1-25(2)36(46-23-34(48)45(39(46)51)22-30-24-55-26(3)43-30)37(50)44-32(19-27-9-5-4-6-10-27)33(47)21-41-38(29-11-7-8-12-29)56(52,53)31-15-13-28(14-16-31)20-42-54-35(49)17-18-40/h4-6,9-10,13-16,24-25,29,32-33,36,38,41-42,47H,7-8,11-12,17-23,40H2,1-3H3,(H,44,50)/t32-,33+,36-,38-/m0/s1. The number of rotatable bonds is 20. The summed E-state index contributed by atoms with van der Waals surface area (Å²) >= 11 is 1.42. The largest absolute Gasteiger partial charge is 0.390 e. The Balaban J connectivity index is 1.30. The van der Waals surface area contributed by atoms with Gasteiger partial charge in [0.2, 0.25) is 5.91 Å². The van der Waals surface area contributed by atoms with Crippen molar-refractivity contribution in [2.75, 3.05) is 19.6 Å². The van der Waals surface area contributed by atoms with Gasteiger partial charge in [0.15, 0.2) is 9.84 Å². The first-order valence-electron chi connectivity index (χ1n) is 19.0. The summed E-state index contributed by atoms with van der Waals surface area (Å²) in [4.78, 5) is 64.2. The van der Waals surface area contributed by atoms with Crippen LogP contribution in [-0.2, 0) is 48.6 Å². The number of imide groups is 1. The molecule has 5 rings (SSSR count). The number of aromatic nitrogens is 1. The minimum absolute atomic E-state index is 0.00509. The molecule has 1 aliphatic heterocycles. The quantitative estimate of drug-likeness (QED) is 0.0824. The Bertz CT molecular complexity index is 1900. The second-order valence-corrected chi connectivity index (χ2v) is 17.8. The Morgan fingerprint density at radius 3 is 2.38 bits per heavy atom. The molecule has 3 aromatic rings. The molecule has 0 unspecified atom stereocenters. The highest BCUT2D eigenvalue weighted by molar-refractivity contribution is 7.92. The van der Waals surface area contributed by atoms with Gasteiger partial charge < -0.3 is 25.9 Å². The summed E-state index contributed by atoms with van der Waals surface area (Å²) < 4.78 is 28.4. The molecule has 2 aliphatic rings. The lowest BCUT2D eigenvalue weighted by atomic mass is 9.97. The number of nitrogens with zero attached hydrogens (tertiary/aromatic N) is 3. The van der Waals surface area contributed by atoms with E-state index in [4.69, 9.17) is 10.6 Å². The van der Waals surface area contributed by atoms with Crippen LogP contribution in [0.25, 0.3) is 0 Å². The van der Waals surface area contributed by atoms with Crippen molar-refractivity contribution in [3.63, 3.8) is 0 Å². The lowest BCUT2D eigenvalue weighted by Gasteiger charge is -2.33. The van der Waals surface area contributed by atoms with Crippen LogP contribution in [-0.4, -0.2) is 95.3 Å². The molecule has 1 saturated heterocycles. The highest BCUT2D eigenvalue weighted by Gasteiger charge is 2.44. The number of hydroxylamine groups is 1. The van der Waals surface area contributed by atoms with Crippen LogP contribution in [0.2, 0.25) is 0 Å². The number of carbonyl (C=O) groups excluding carboxylic acids is 4. The van der Waals surface area contributed by atoms with Crippen molar-refractivity contribution >= 4 is 45.0 Å². The first-order valence-corrected chi connectivity index (χ1v) is 21.4. The van der Waals surface area contributed by atoms with Crippen LogP contribution < -0.4 is 21.8 Å². The second kappa shape index (κ2) is 19.7. The van der Waals surface area contributed by atoms with Crippen LogP contribution in [0, 0.1) is 18.8 Å². The topological polar surface area (TPSA) is 213 Å². The molecule has 0 spiro atoms. The van der Waals surface area contributed by atoms with Crippen molar-refractivity contribution in [2.24, 2.45) is 17.6 Å². The smallest absolute Gasteiger partial charge is 0.328 e. The fraction of sp³-hybridized carbons (Fsp3) is 0.513. The summed E-state index contributed by atoms with van der Waals surface area (Å²) in [7, 11) is -3.93. The van der Waals surface area contributed by atoms with Crippen molar-refractivity contribution in [3.05, 3.63) is 81.8 Å². The molecule has 2 fully saturated rings. The maximum absolute atomic E-state index is 14.2. The van der Waals surface area contributed by atoms with E-state index in [1.54, 1.807) is 31.4 Å². The fourth-order valence-corrected chi connectivity index (χ4v) is 9.79. The van der Waals surface area contributed by atoms with E-state index in [2.05, 4.69) is 21.1 Å². The van der Waals surface area contributed by atoms with Crippen LogP contribution in [0.5, 0.6) is 0 Å². The first-order chi connectivity index (χ1) is 26.8. The van der Waals surface area contributed by atoms with E-state index in [1.165, 1.54) is 28.4 Å². The summed E-state index contributed by atoms with van der Waals surface area (Å²) in [6, 6.07) is 13.1. The summed E-state index contributed by atoms with van der Waals surface area (Å²) in [5.41, 5.74) is 10.1. The molecule has 4 amide bonds. The van der Waals surface area contributed by atoms with E-state index in [9.17, 15) is 32.7 Å². The van der Waals surface area contributed by atoms with Crippen LogP contribution in [0.3, 0.4) is 0 Å². The van der Waals surface area contributed by atoms with Gasteiger partial charge in [-0.15, -0.1) is 16.8 Å². The number of amides is 4. The third-order valence-corrected chi connectivity index (χ3v) is 13.1. The predicted molar refractivity (Wildman–Crippen MR) is 210 cm³/mol. The highest BCUT2D eigenvalue weighted by Crippen LogP contribution is 2.33. The average Bonchev–Trinajstić information content (AvgIpc) is 3.91. The van der Waals surface area contributed by atoms with Gasteiger partial charge >= 0.3 is 12.0 Å². The van der Waals surface area contributed by atoms with Gasteiger partial charge in [0.25, 0.3) is 5.91 Å². The van der Waals surface area contributed by atoms with Crippen molar-refractivity contribution in [1.29, 1.82) is 0 Å². The average molecular weight is 812 g/mol. The SMILES string of the molecule is Cc1nc(CN2C(=O)CN([C@H](C(=O)N[C@@H](Cc3ccccc3)[C@H](O)CN[C@H](C3CCCC3)S(=O)(=O)c3ccc(CNOC(=O)CCN)cc3)C(C)C)C2=O)cs1. The number of aryl methyl sites for hydroxylation is 1. The zero-order valence-corrected chi connectivity index (χ0v) is 33.7. The first kappa shape index (κ1) is 42.9. The van der Waals surface area contributed by atoms with Crippen LogP contribution in [0.1, 0.15) is 67.8 Å². The van der Waals surface area contributed by atoms with E-state index < -0.39 is 57.2 Å². The monoisotopic (exact) mass is 811 g/mol. The lowest BCUT2D eigenvalue weighted by molar-refractivity contribution is -0.151. The number of aliphatic hydroxyl groups excluding tert-OH is 1. The Morgan fingerprint density at radius 2 is 1.75 bits per heavy atom. The minimum atomic E-state index is -3.93. The van der Waals surface area contributed by atoms with Crippen LogP contribution >= 0.6 is 11.3 Å². The molecule has 1 aliphatic carbocycles. The summed E-state index contributed by atoms with van der Waals surface area (Å²) in [6.45, 7) is 5.34. The molecule has 6 N–H and O–H groups in total. The third kappa shape index (κ3) is 11.0. The Morgan fingerprint density at radius 1 is 1.05 bits per heavy atom. The van der Waals surface area contributed by atoms with Gasteiger partial charge in [-0.05, 0) is 61.3 Å². The van der Waals surface area contributed by atoms with Crippen LogP contribution in [0.4, 0.5) is 4.79 Å². The number of urea groups is 1. The molecule has 1 aromatic heterocycles. The third-order valence-electron chi connectivity index (χ3n) is 10.1. The molecule has 1 saturated carbocycles. The van der Waals surface area contributed by atoms with E-state index in [-0.39, 0.29) is 62.3 Å². The van der Waals surface area contributed by atoms with E-state index >= 15 is 0 Å². The lowest BCUT2D eigenvalue weighted by Crippen LogP contribution is -2.57. The van der Waals surface area contributed by atoms with Gasteiger partial charge in [0.1, 0.15) is 18.0 Å². The zero-order valence-electron chi connectivity index (χ0n) is 32.1.